The highest BCUT2D eigenvalue weighted by Gasteiger charge is 2.38. The molecule has 4 heteroatoms. The topological polar surface area (TPSA) is 12.0 Å². The molecule has 1 nitrogen and oxygen atoms in total. The van der Waals surface area contributed by atoms with Gasteiger partial charge in [0.2, 0.25) is 0 Å². The van der Waals surface area contributed by atoms with Crippen LogP contribution in [0.1, 0.15) is 32.6 Å². The van der Waals surface area contributed by atoms with E-state index in [0.717, 1.165) is 6.42 Å². The van der Waals surface area contributed by atoms with Crippen LogP contribution in [0.4, 0.5) is 13.2 Å². The van der Waals surface area contributed by atoms with Gasteiger partial charge in [0.05, 0.1) is 0 Å². The van der Waals surface area contributed by atoms with Crippen LogP contribution in [-0.2, 0) is 0 Å². The van der Waals surface area contributed by atoms with Crippen molar-refractivity contribution >= 4 is 0 Å². The van der Waals surface area contributed by atoms with Crippen molar-refractivity contribution in [2.45, 2.75) is 44.8 Å². The molecule has 0 heterocycles. The average molecular weight is 209 g/mol. The monoisotopic (exact) mass is 209 g/mol. The maximum atomic E-state index is 11.9. The van der Waals surface area contributed by atoms with Gasteiger partial charge in [-0.1, -0.05) is 6.92 Å². The molecule has 3 unspecified atom stereocenters. The molecule has 0 radical (unpaired) electrons. The molecule has 0 spiro atoms. The number of alkyl halides is 3. The molecule has 0 bridgehead atoms. The van der Waals surface area contributed by atoms with Crippen LogP contribution in [-0.4, -0.2) is 19.3 Å². The van der Waals surface area contributed by atoms with Gasteiger partial charge in [0.25, 0.3) is 0 Å². The largest absolute Gasteiger partial charge is 0.389 e. The summed E-state index contributed by atoms with van der Waals surface area (Å²) in [6.07, 6.45) is -2.58. The van der Waals surface area contributed by atoms with Gasteiger partial charge in [0.1, 0.15) is 0 Å². The van der Waals surface area contributed by atoms with E-state index in [1.54, 1.807) is 0 Å². The molecule has 0 amide bonds. The Bertz CT molecular complexity index is 179. The predicted octanol–water partition coefficient (Wildman–Crippen LogP) is 2.96. The fourth-order valence-corrected chi connectivity index (χ4v) is 2.01. The highest BCUT2D eigenvalue weighted by molar-refractivity contribution is 4.91. The van der Waals surface area contributed by atoms with Crippen LogP contribution in [0.15, 0.2) is 0 Å². The molecule has 0 aliphatic heterocycles. The molecule has 1 aliphatic carbocycles. The van der Waals surface area contributed by atoms with Crippen molar-refractivity contribution in [2.24, 2.45) is 11.8 Å². The summed E-state index contributed by atoms with van der Waals surface area (Å²) >= 11 is 0. The molecule has 84 valence electrons. The van der Waals surface area contributed by atoms with Gasteiger partial charge >= 0.3 is 6.18 Å². The second-order valence-corrected chi connectivity index (χ2v) is 4.28. The summed E-state index contributed by atoms with van der Waals surface area (Å²) in [4.78, 5) is 0. The highest BCUT2D eigenvalue weighted by Crippen LogP contribution is 2.42. The zero-order chi connectivity index (χ0) is 10.8. The molecule has 0 aromatic rings. The van der Waals surface area contributed by atoms with E-state index in [0.29, 0.717) is 18.3 Å². The molecule has 0 aromatic carbocycles. The Labute approximate surface area is 83.1 Å². The summed E-state index contributed by atoms with van der Waals surface area (Å²) in [6, 6.07) is 0.285. The second kappa shape index (κ2) is 4.51. The molecule has 1 N–H and O–H groups in total. The Morgan fingerprint density at radius 1 is 1.43 bits per heavy atom. The summed E-state index contributed by atoms with van der Waals surface area (Å²) in [5, 5.41) is 3.11. The minimum Gasteiger partial charge on any atom is -0.317 e. The van der Waals surface area contributed by atoms with E-state index in [4.69, 9.17) is 0 Å². The molecular formula is C10H18F3N. The van der Waals surface area contributed by atoms with Gasteiger partial charge in [-0.05, 0) is 38.1 Å². The number of halogens is 3. The zero-order valence-corrected chi connectivity index (χ0v) is 8.69. The van der Waals surface area contributed by atoms with Crippen molar-refractivity contribution in [2.75, 3.05) is 7.05 Å². The molecule has 0 saturated heterocycles. The Morgan fingerprint density at radius 2 is 2.00 bits per heavy atom. The number of nitrogens with one attached hydrogen (secondary N) is 1. The third kappa shape index (κ3) is 3.86. The van der Waals surface area contributed by atoms with Crippen LogP contribution >= 0.6 is 0 Å². The third-order valence-corrected chi connectivity index (χ3v) is 3.03. The molecule has 14 heavy (non-hydrogen) atoms. The van der Waals surface area contributed by atoms with E-state index in [9.17, 15) is 13.2 Å². The van der Waals surface area contributed by atoms with Crippen molar-refractivity contribution in [3.8, 4) is 0 Å². The van der Waals surface area contributed by atoms with Gasteiger partial charge in [0.15, 0.2) is 0 Å². The van der Waals surface area contributed by atoms with Crippen molar-refractivity contribution in [1.29, 1.82) is 0 Å². The van der Waals surface area contributed by atoms with Crippen LogP contribution in [0.2, 0.25) is 0 Å². The molecule has 3 atom stereocenters. The van der Waals surface area contributed by atoms with Gasteiger partial charge in [-0.2, -0.15) is 13.2 Å². The number of hydrogen-bond acceptors (Lipinski definition) is 1. The minimum atomic E-state index is -3.99. The van der Waals surface area contributed by atoms with Gasteiger partial charge in [-0.25, -0.2) is 0 Å². The van der Waals surface area contributed by atoms with Crippen LogP contribution < -0.4 is 5.32 Å². The summed E-state index contributed by atoms with van der Waals surface area (Å²) in [7, 11) is 1.84. The molecule has 1 rings (SSSR count). The van der Waals surface area contributed by atoms with Crippen LogP contribution in [0, 0.1) is 11.8 Å². The van der Waals surface area contributed by atoms with E-state index in [2.05, 4.69) is 12.2 Å². The summed E-state index contributed by atoms with van der Waals surface area (Å²) in [6.45, 7) is 2.15. The summed E-state index contributed by atoms with van der Waals surface area (Å²) in [5.74, 6) is 1.30. The quantitative estimate of drug-likeness (QED) is 0.734. The fraction of sp³-hybridized carbons (Fsp3) is 1.00. The fourth-order valence-electron chi connectivity index (χ4n) is 2.01. The van der Waals surface area contributed by atoms with Crippen molar-refractivity contribution in [3.63, 3.8) is 0 Å². The minimum absolute atomic E-state index is 0.248. The first-order chi connectivity index (χ1) is 6.44. The number of hydrogen-bond donors (Lipinski definition) is 1. The van der Waals surface area contributed by atoms with Crippen LogP contribution in [0.5, 0.6) is 0 Å². The molecule has 1 fully saturated rings. The summed E-state index contributed by atoms with van der Waals surface area (Å²) < 4.78 is 35.6. The first kappa shape index (κ1) is 11.8. The number of rotatable bonds is 5. The van der Waals surface area contributed by atoms with Crippen molar-refractivity contribution in [3.05, 3.63) is 0 Å². The van der Waals surface area contributed by atoms with Crippen molar-refractivity contribution < 1.29 is 13.2 Å². The maximum absolute atomic E-state index is 11.9. The van der Waals surface area contributed by atoms with E-state index >= 15 is 0 Å². The van der Waals surface area contributed by atoms with Crippen LogP contribution in [0.25, 0.3) is 0 Å². The average Bonchev–Trinajstić information content (AvgIpc) is 2.74. The smallest absolute Gasteiger partial charge is 0.317 e. The molecule has 0 aromatic heterocycles. The van der Waals surface area contributed by atoms with Gasteiger partial charge < -0.3 is 5.32 Å². The van der Waals surface area contributed by atoms with E-state index in [1.807, 2.05) is 7.05 Å². The lowest BCUT2D eigenvalue weighted by molar-refractivity contribution is -0.135. The Morgan fingerprint density at radius 3 is 2.36 bits per heavy atom. The normalized spacial score (nSPS) is 28.9. The van der Waals surface area contributed by atoms with Gasteiger partial charge in [0, 0.05) is 12.5 Å². The predicted molar refractivity (Wildman–Crippen MR) is 50.0 cm³/mol. The third-order valence-electron chi connectivity index (χ3n) is 3.03. The zero-order valence-electron chi connectivity index (χ0n) is 8.69. The van der Waals surface area contributed by atoms with Gasteiger partial charge in [-0.15, -0.1) is 0 Å². The highest BCUT2D eigenvalue weighted by atomic mass is 19.4. The molecule has 1 saturated carbocycles. The van der Waals surface area contributed by atoms with E-state index < -0.39 is 12.6 Å². The standard InChI is InChI=1S/C10H18F3N/c1-7-6-8(7)9(14-2)4-3-5-10(11,12)13/h7-9,14H,3-6H2,1-2H3. The lowest BCUT2D eigenvalue weighted by Crippen LogP contribution is -2.28. The first-order valence-corrected chi connectivity index (χ1v) is 5.18. The Kier molecular flexibility index (Phi) is 3.81. The van der Waals surface area contributed by atoms with Crippen molar-refractivity contribution in [1.82, 2.24) is 5.32 Å². The Hall–Kier alpha value is -0.250. The van der Waals surface area contributed by atoms with E-state index in [-0.39, 0.29) is 12.5 Å². The van der Waals surface area contributed by atoms with Gasteiger partial charge in [-0.3, -0.25) is 0 Å². The SMILES string of the molecule is CNC(CCCC(F)(F)F)C1CC1C. The van der Waals surface area contributed by atoms with E-state index in [1.165, 1.54) is 0 Å². The molecular weight excluding hydrogens is 191 g/mol. The second-order valence-electron chi connectivity index (χ2n) is 4.28. The summed E-state index contributed by atoms with van der Waals surface area (Å²) in [5.41, 5.74) is 0. The van der Waals surface area contributed by atoms with Crippen LogP contribution in [0.3, 0.4) is 0 Å². The molecule has 1 aliphatic rings. The Balaban J connectivity index is 2.15. The first-order valence-electron chi connectivity index (χ1n) is 5.18. The maximum Gasteiger partial charge on any atom is 0.389 e. The lowest BCUT2D eigenvalue weighted by atomic mass is 10.0. The lowest BCUT2D eigenvalue weighted by Gasteiger charge is -2.16.